The topological polar surface area (TPSA) is 78.0 Å². The van der Waals surface area contributed by atoms with Gasteiger partial charge in [-0.15, -0.1) is 0 Å². The van der Waals surface area contributed by atoms with Crippen molar-refractivity contribution in [2.24, 2.45) is 0 Å². The third kappa shape index (κ3) is 2.82. The first-order valence-corrected chi connectivity index (χ1v) is 3.54. The number of rotatable bonds is 3. The van der Waals surface area contributed by atoms with Gasteiger partial charge in [-0.1, -0.05) is 6.58 Å². The number of anilines is 1. The first-order valence-electron chi connectivity index (χ1n) is 3.54. The van der Waals surface area contributed by atoms with E-state index in [-0.39, 0.29) is 0 Å². The van der Waals surface area contributed by atoms with Gasteiger partial charge in [-0.2, -0.15) is 0 Å². The maximum absolute atomic E-state index is 10.7. The third-order valence-electron chi connectivity index (χ3n) is 1.25. The summed E-state index contributed by atoms with van der Waals surface area (Å²) >= 11 is 0. The third-order valence-corrected chi connectivity index (χ3v) is 1.25. The second kappa shape index (κ2) is 4.10. The summed E-state index contributed by atoms with van der Waals surface area (Å²) in [7, 11) is 0. The van der Waals surface area contributed by atoms with Crippen molar-refractivity contribution in [1.29, 1.82) is 0 Å². The van der Waals surface area contributed by atoms with E-state index >= 15 is 0 Å². The highest BCUT2D eigenvalue weighted by molar-refractivity contribution is 5.42. The summed E-state index contributed by atoms with van der Waals surface area (Å²) < 4.78 is 0. The van der Waals surface area contributed by atoms with Gasteiger partial charge in [0.05, 0.1) is 6.26 Å². The van der Waals surface area contributed by atoms with Gasteiger partial charge in [0.15, 0.2) is 0 Å². The Morgan fingerprint density at radius 2 is 2.54 bits per heavy atom. The van der Waals surface area contributed by atoms with Crippen LogP contribution in [0.3, 0.4) is 0 Å². The molecule has 13 heavy (non-hydrogen) atoms. The molecule has 0 saturated heterocycles. The SMILES string of the molecule is C=C(C=CO)Nc1ccnc(=O)[nH]1. The zero-order chi connectivity index (χ0) is 9.68. The molecule has 5 heteroatoms. The quantitative estimate of drug-likeness (QED) is 0.473. The van der Waals surface area contributed by atoms with Crippen molar-refractivity contribution in [2.75, 3.05) is 5.32 Å². The van der Waals surface area contributed by atoms with Gasteiger partial charge in [0.1, 0.15) is 5.82 Å². The highest BCUT2D eigenvalue weighted by Gasteiger charge is 1.92. The lowest BCUT2D eigenvalue weighted by Crippen LogP contribution is -2.11. The molecule has 0 radical (unpaired) electrons. The Kier molecular flexibility index (Phi) is 2.86. The summed E-state index contributed by atoms with van der Waals surface area (Å²) in [4.78, 5) is 16.6. The molecule has 5 nitrogen and oxygen atoms in total. The lowest BCUT2D eigenvalue weighted by molar-refractivity contribution is 0.473. The zero-order valence-electron chi connectivity index (χ0n) is 6.82. The number of nitrogens with zero attached hydrogens (tertiary/aromatic N) is 1. The van der Waals surface area contributed by atoms with Crippen LogP contribution in [0.4, 0.5) is 5.82 Å². The number of allylic oxidation sites excluding steroid dienone is 1. The Hall–Kier alpha value is -2.04. The van der Waals surface area contributed by atoms with Crippen LogP contribution in [-0.4, -0.2) is 15.1 Å². The number of aromatic nitrogens is 2. The normalized spacial score (nSPS) is 10.2. The molecule has 3 N–H and O–H groups in total. The minimum Gasteiger partial charge on any atom is -0.516 e. The molecule has 0 bridgehead atoms. The van der Waals surface area contributed by atoms with Crippen molar-refractivity contribution in [3.05, 3.63) is 47.4 Å². The average molecular weight is 179 g/mol. The molecule has 1 aromatic heterocycles. The molecular formula is C8H9N3O2. The van der Waals surface area contributed by atoms with Crippen LogP contribution in [0.15, 0.2) is 41.7 Å². The lowest BCUT2D eigenvalue weighted by atomic mass is 10.4. The zero-order valence-corrected chi connectivity index (χ0v) is 6.82. The second-order valence-electron chi connectivity index (χ2n) is 2.25. The first kappa shape index (κ1) is 9.05. The van der Waals surface area contributed by atoms with Crippen LogP contribution in [0.1, 0.15) is 0 Å². The molecule has 0 aromatic carbocycles. The molecule has 0 spiro atoms. The highest BCUT2D eigenvalue weighted by atomic mass is 16.2. The lowest BCUT2D eigenvalue weighted by Gasteiger charge is -2.03. The van der Waals surface area contributed by atoms with Gasteiger partial charge in [-0.25, -0.2) is 9.78 Å². The van der Waals surface area contributed by atoms with E-state index in [1.165, 1.54) is 12.3 Å². The average Bonchev–Trinajstić information content (AvgIpc) is 2.04. The monoisotopic (exact) mass is 179 g/mol. The fourth-order valence-corrected chi connectivity index (χ4v) is 0.746. The molecule has 0 amide bonds. The van der Waals surface area contributed by atoms with E-state index in [1.54, 1.807) is 6.07 Å². The minimum absolute atomic E-state index is 0.439. The highest BCUT2D eigenvalue weighted by Crippen LogP contribution is 2.01. The Bertz CT molecular complexity index is 381. The van der Waals surface area contributed by atoms with Crippen LogP contribution in [-0.2, 0) is 0 Å². The molecule has 1 rings (SSSR count). The van der Waals surface area contributed by atoms with E-state index in [4.69, 9.17) is 5.11 Å². The Balaban J connectivity index is 2.75. The Morgan fingerprint density at radius 1 is 1.77 bits per heavy atom. The molecule has 0 aliphatic heterocycles. The fraction of sp³-hybridized carbons (Fsp3) is 0. The predicted molar refractivity (Wildman–Crippen MR) is 49.4 cm³/mol. The van der Waals surface area contributed by atoms with Crippen LogP contribution >= 0.6 is 0 Å². The van der Waals surface area contributed by atoms with Crippen molar-refractivity contribution in [3.8, 4) is 0 Å². The molecule has 0 saturated carbocycles. The summed E-state index contributed by atoms with van der Waals surface area (Å²) in [6.07, 6.45) is 3.59. The molecule has 0 atom stereocenters. The van der Waals surface area contributed by atoms with Crippen LogP contribution < -0.4 is 11.0 Å². The van der Waals surface area contributed by atoms with E-state index in [0.717, 1.165) is 6.26 Å². The fourth-order valence-electron chi connectivity index (χ4n) is 0.746. The molecule has 0 aliphatic carbocycles. The van der Waals surface area contributed by atoms with Gasteiger partial charge >= 0.3 is 5.69 Å². The van der Waals surface area contributed by atoms with Crippen LogP contribution in [0.2, 0.25) is 0 Å². The van der Waals surface area contributed by atoms with Crippen molar-refractivity contribution in [2.45, 2.75) is 0 Å². The standard InChI is InChI=1S/C8H9N3O2/c1-6(3-5-12)10-7-2-4-9-8(13)11-7/h2-5,12H,1H2,(H2,9,10,11,13). The van der Waals surface area contributed by atoms with Crippen molar-refractivity contribution in [1.82, 2.24) is 9.97 Å². The van der Waals surface area contributed by atoms with E-state index in [0.29, 0.717) is 11.5 Å². The smallest absolute Gasteiger partial charge is 0.346 e. The molecule has 68 valence electrons. The van der Waals surface area contributed by atoms with Crippen molar-refractivity contribution >= 4 is 5.82 Å². The first-order chi connectivity index (χ1) is 6.22. The maximum Gasteiger partial charge on any atom is 0.346 e. The van der Waals surface area contributed by atoms with E-state index in [2.05, 4.69) is 21.9 Å². The van der Waals surface area contributed by atoms with Gasteiger partial charge in [0.25, 0.3) is 0 Å². The van der Waals surface area contributed by atoms with Crippen LogP contribution in [0.25, 0.3) is 0 Å². The largest absolute Gasteiger partial charge is 0.516 e. The number of hydrogen-bond donors (Lipinski definition) is 3. The molecule has 1 heterocycles. The van der Waals surface area contributed by atoms with Gasteiger partial charge in [-0.05, 0) is 12.1 Å². The number of aliphatic hydroxyl groups excluding tert-OH is 1. The predicted octanol–water partition coefficient (Wildman–Crippen LogP) is 0.767. The number of aliphatic hydroxyl groups is 1. The molecule has 1 aromatic rings. The van der Waals surface area contributed by atoms with Gasteiger partial charge in [0.2, 0.25) is 0 Å². The molecule has 0 fully saturated rings. The molecular weight excluding hydrogens is 170 g/mol. The number of H-pyrrole nitrogens is 1. The van der Waals surface area contributed by atoms with Gasteiger partial charge in [-0.3, -0.25) is 4.98 Å². The summed E-state index contributed by atoms with van der Waals surface area (Å²) in [5.41, 5.74) is 0.0233. The summed E-state index contributed by atoms with van der Waals surface area (Å²) in [6.45, 7) is 3.57. The number of nitrogens with one attached hydrogen (secondary N) is 2. The second-order valence-corrected chi connectivity index (χ2v) is 2.25. The number of hydrogen-bond acceptors (Lipinski definition) is 4. The Morgan fingerprint density at radius 3 is 3.15 bits per heavy atom. The van der Waals surface area contributed by atoms with Crippen LogP contribution in [0, 0.1) is 0 Å². The van der Waals surface area contributed by atoms with E-state index in [9.17, 15) is 4.79 Å². The van der Waals surface area contributed by atoms with E-state index in [1.807, 2.05) is 0 Å². The molecule has 0 unspecified atom stereocenters. The Labute approximate surface area is 74.5 Å². The summed E-state index contributed by atoms with van der Waals surface area (Å²) in [5.74, 6) is 0.475. The minimum atomic E-state index is -0.439. The van der Waals surface area contributed by atoms with E-state index < -0.39 is 5.69 Å². The van der Waals surface area contributed by atoms with Gasteiger partial charge in [0, 0.05) is 11.9 Å². The summed E-state index contributed by atoms with van der Waals surface area (Å²) in [6, 6.07) is 1.58. The van der Waals surface area contributed by atoms with Crippen LogP contribution in [0.5, 0.6) is 0 Å². The molecule has 0 aliphatic rings. The van der Waals surface area contributed by atoms with Crippen molar-refractivity contribution in [3.63, 3.8) is 0 Å². The van der Waals surface area contributed by atoms with Gasteiger partial charge < -0.3 is 10.4 Å². The number of aromatic amines is 1. The maximum atomic E-state index is 10.7. The van der Waals surface area contributed by atoms with Crippen molar-refractivity contribution < 1.29 is 5.11 Å². The summed E-state index contributed by atoms with van der Waals surface area (Å²) in [5, 5.41) is 11.2.